The van der Waals surface area contributed by atoms with Crippen LogP contribution in [0.25, 0.3) is 0 Å². The van der Waals surface area contributed by atoms with Gasteiger partial charge in [0.25, 0.3) is 0 Å². The quantitative estimate of drug-likeness (QED) is 0.839. The summed E-state index contributed by atoms with van der Waals surface area (Å²) in [6.45, 7) is 9.01. The molecule has 4 nitrogen and oxygen atoms in total. The standard InChI is InChI=1S/C17H28N2O2S/c1-4-19-11-5-6-16(19)13-18-22(20,21)17-9-7-15(8-10-17)12-14(2)3/h7-10,14,16,18H,4-6,11-13H2,1-3H3. The Labute approximate surface area is 135 Å². The number of likely N-dealkylation sites (N-methyl/N-ethyl adjacent to an activating group) is 1. The molecule has 124 valence electrons. The second kappa shape index (κ2) is 7.57. The van der Waals surface area contributed by atoms with Crippen molar-refractivity contribution < 1.29 is 8.42 Å². The van der Waals surface area contributed by atoms with Crippen LogP contribution in [0.3, 0.4) is 0 Å². The maximum absolute atomic E-state index is 12.4. The van der Waals surface area contributed by atoms with E-state index in [0.717, 1.165) is 32.4 Å². The normalized spacial score (nSPS) is 19.9. The molecule has 0 aliphatic carbocycles. The monoisotopic (exact) mass is 324 g/mol. The zero-order valence-electron chi connectivity index (χ0n) is 13.9. The molecule has 1 heterocycles. The molecule has 0 aromatic heterocycles. The molecule has 1 fully saturated rings. The highest BCUT2D eigenvalue weighted by molar-refractivity contribution is 7.89. The average molecular weight is 324 g/mol. The molecule has 1 aliphatic rings. The van der Waals surface area contributed by atoms with Gasteiger partial charge in [-0.25, -0.2) is 13.1 Å². The summed E-state index contributed by atoms with van der Waals surface area (Å²) in [6.07, 6.45) is 3.20. The van der Waals surface area contributed by atoms with Gasteiger partial charge in [0.1, 0.15) is 0 Å². The van der Waals surface area contributed by atoms with E-state index in [1.807, 2.05) is 12.1 Å². The highest BCUT2D eigenvalue weighted by atomic mass is 32.2. The Balaban J connectivity index is 1.97. The topological polar surface area (TPSA) is 49.4 Å². The first-order chi connectivity index (χ1) is 10.4. The number of nitrogens with one attached hydrogen (secondary N) is 1. The van der Waals surface area contributed by atoms with Gasteiger partial charge in [0.15, 0.2) is 0 Å². The van der Waals surface area contributed by atoms with Gasteiger partial charge in [-0.2, -0.15) is 0 Å². The summed E-state index contributed by atoms with van der Waals surface area (Å²) < 4.78 is 27.5. The van der Waals surface area contributed by atoms with E-state index in [1.165, 1.54) is 5.56 Å². The van der Waals surface area contributed by atoms with Gasteiger partial charge in [-0.05, 0) is 56.0 Å². The Morgan fingerprint density at radius 2 is 1.95 bits per heavy atom. The van der Waals surface area contributed by atoms with E-state index in [9.17, 15) is 8.42 Å². The molecule has 0 amide bonds. The first-order valence-electron chi connectivity index (χ1n) is 8.25. The fourth-order valence-electron chi connectivity index (χ4n) is 3.11. The zero-order chi connectivity index (χ0) is 16.2. The third-order valence-corrected chi connectivity index (χ3v) is 5.73. The molecule has 2 rings (SSSR count). The van der Waals surface area contributed by atoms with E-state index in [2.05, 4.69) is 30.4 Å². The summed E-state index contributed by atoms with van der Waals surface area (Å²) in [7, 11) is -3.40. The van der Waals surface area contributed by atoms with Crippen LogP contribution in [-0.2, 0) is 16.4 Å². The van der Waals surface area contributed by atoms with E-state index in [4.69, 9.17) is 0 Å². The lowest BCUT2D eigenvalue weighted by molar-refractivity contribution is 0.268. The molecule has 1 N–H and O–H groups in total. The van der Waals surface area contributed by atoms with Crippen LogP contribution in [0.15, 0.2) is 29.2 Å². The van der Waals surface area contributed by atoms with Crippen molar-refractivity contribution in [2.75, 3.05) is 19.6 Å². The van der Waals surface area contributed by atoms with Gasteiger partial charge in [-0.1, -0.05) is 32.9 Å². The predicted molar refractivity (Wildman–Crippen MR) is 90.4 cm³/mol. The number of rotatable bonds is 7. The van der Waals surface area contributed by atoms with Crippen molar-refractivity contribution in [2.24, 2.45) is 5.92 Å². The van der Waals surface area contributed by atoms with E-state index in [0.29, 0.717) is 23.4 Å². The second-order valence-electron chi connectivity index (χ2n) is 6.52. The molecule has 1 atom stereocenters. The van der Waals surface area contributed by atoms with Crippen LogP contribution < -0.4 is 4.72 Å². The molecule has 22 heavy (non-hydrogen) atoms. The SMILES string of the molecule is CCN1CCCC1CNS(=O)(=O)c1ccc(CC(C)C)cc1. The summed E-state index contributed by atoms with van der Waals surface area (Å²) in [5.74, 6) is 0.572. The Bertz CT molecular complexity index is 567. The fourth-order valence-corrected chi connectivity index (χ4v) is 4.18. The van der Waals surface area contributed by atoms with Crippen molar-refractivity contribution in [1.82, 2.24) is 9.62 Å². The van der Waals surface area contributed by atoms with E-state index >= 15 is 0 Å². The zero-order valence-corrected chi connectivity index (χ0v) is 14.7. The van der Waals surface area contributed by atoms with Crippen LogP contribution in [0.4, 0.5) is 0 Å². The molecule has 0 spiro atoms. The minimum Gasteiger partial charge on any atom is -0.299 e. The highest BCUT2D eigenvalue weighted by Crippen LogP contribution is 2.17. The Morgan fingerprint density at radius 3 is 2.55 bits per heavy atom. The average Bonchev–Trinajstić information content (AvgIpc) is 2.92. The van der Waals surface area contributed by atoms with Crippen LogP contribution in [0, 0.1) is 5.92 Å². The lowest BCUT2D eigenvalue weighted by Crippen LogP contribution is -2.39. The highest BCUT2D eigenvalue weighted by Gasteiger charge is 2.25. The first-order valence-corrected chi connectivity index (χ1v) is 9.73. The molecule has 1 aliphatic heterocycles. The number of likely N-dealkylation sites (tertiary alicyclic amines) is 1. The lowest BCUT2D eigenvalue weighted by atomic mass is 10.0. The first kappa shape index (κ1) is 17.4. The minimum absolute atomic E-state index is 0.333. The van der Waals surface area contributed by atoms with Crippen molar-refractivity contribution in [3.05, 3.63) is 29.8 Å². The smallest absolute Gasteiger partial charge is 0.240 e. The van der Waals surface area contributed by atoms with Crippen LogP contribution in [0.5, 0.6) is 0 Å². The molecule has 0 saturated carbocycles. The van der Waals surface area contributed by atoms with Crippen LogP contribution in [0.2, 0.25) is 0 Å². The number of hydrogen-bond donors (Lipinski definition) is 1. The van der Waals surface area contributed by atoms with E-state index < -0.39 is 10.0 Å². The maximum Gasteiger partial charge on any atom is 0.240 e. The van der Waals surface area contributed by atoms with E-state index in [1.54, 1.807) is 12.1 Å². The molecule has 1 aromatic rings. The van der Waals surface area contributed by atoms with Crippen LogP contribution in [-0.4, -0.2) is 39.0 Å². The van der Waals surface area contributed by atoms with Crippen molar-refractivity contribution >= 4 is 10.0 Å². The van der Waals surface area contributed by atoms with E-state index in [-0.39, 0.29) is 0 Å². The van der Waals surface area contributed by atoms with Crippen molar-refractivity contribution in [3.8, 4) is 0 Å². The molecule has 0 radical (unpaired) electrons. The molecule has 0 bridgehead atoms. The summed E-state index contributed by atoms with van der Waals surface area (Å²) in [6, 6.07) is 7.60. The Kier molecular flexibility index (Phi) is 6.01. The van der Waals surface area contributed by atoms with Gasteiger partial charge < -0.3 is 0 Å². The van der Waals surface area contributed by atoms with Gasteiger partial charge in [-0.3, -0.25) is 4.90 Å². The Hall–Kier alpha value is -0.910. The number of nitrogens with zero attached hydrogens (tertiary/aromatic N) is 1. The summed E-state index contributed by atoms with van der Waals surface area (Å²) in [4.78, 5) is 2.70. The minimum atomic E-state index is -3.40. The number of benzene rings is 1. The lowest BCUT2D eigenvalue weighted by Gasteiger charge is -2.22. The Morgan fingerprint density at radius 1 is 1.27 bits per heavy atom. The molecule has 5 heteroatoms. The van der Waals surface area contributed by atoms with Gasteiger partial charge >= 0.3 is 0 Å². The van der Waals surface area contributed by atoms with Crippen molar-refractivity contribution in [3.63, 3.8) is 0 Å². The summed E-state index contributed by atoms with van der Waals surface area (Å²) in [5, 5.41) is 0. The summed E-state index contributed by atoms with van der Waals surface area (Å²) in [5.41, 5.74) is 1.18. The third kappa shape index (κ3) is 4.54. The predicted octanol–water partition coefficient (Wildman–Crippen LogP) is 2.65. The van der Waals surface area contributed by atoms with Crippen LogP contribution in [0.1, 0.15) is 39.2 Å². The molecule has 1 unspecified atom stereocenters. The summed E-state index contributed by atoms with van der Waals surface area (Å²) >= 11 is 0. The van der Waals surface area contributed by atoms with Crippen molar-refractivity contribution in [1.29, 1.82) is 0 Å². The van der Waals surface area contributed by atoms with Gasteiger partial charge in [-0.15, -0.1) is 0 Å². The molecule has 1 saturated heterocycles. The maximum atomic E-state index is 12.4. The van der Waals surface area contributed by atoms with Gasteiger partial charge in [0.05, 0.1) is 4.90 Å². The van der Waals surface area contributed by atoms with Gasteiger partial charge in [0, 0.05) is 12.6 Å². The van der Waals surface area contributed by atoms with Crippen LogP contribution >= 0.6 is 0 Å². The van der Waals surface area contributed by atoms with Gasteiger partial charge in [0.2, 0.25) is 10.0 Å². The number of hydrogen-bond acceptors (Lipinski definition) is 3. The fraction of sp³-hybridized carbons (Fsp3) is 0.647. The molecular formula is C17H28N2O2S. The number of sulfonamides is 1. The van der Waals surface area contributed by atoms with Crippen molar-refractivity contribution in [2.45, 2.75) is 51.0 Å². The molecule has 1 aromatic carbocycles. The second-order valence-corrected chi connectivity index (χ2v) is 8.29. The molecular weight excluding hydrogens is 296 g/mol. The third-order valence-electron chi connectivity index (χ3n) is 4.29. The largest absolute Gasteiger partial charge is 0.299 e.